The smallest absolute Gasteiger partial charge is 0.198 e. The highest BCUT2D eigenvalue weighted by Gasteiger charge is 2.07. The second-order valence-electron chi connectivity index (χ2n) is 3.86. The van der Waals surface area contributed by atoms with Crippen molar-refractivity contribution < 1.29 is 9.13 Å². The van der Waals surface area contributed by atoms with Crippen LogP contribution in [0.3, 0.4) is 0 Å². The zero-order valence-corrected chi connectivity index (χ0v) is 11.4. The molecule has 1 heterocycles. The molecule has 0 aliphatic carbocycles. The largest absolute Gasteiger partial charge is 0.494 e. The number of rotatable bonds is 4. The van der Waals surface area contributed by atoms with Crippen molar-refractivity contribution in [2.24, 2.45) is 0 Å². The maximum Gasteiger partial charge on any atom is 0.198 e. The summed E-state index contributed by atoms with van der Waals surface area (Å²) in [5.74, 6) is 0.279. The van der Waals surface area contributed by atoms with E-state index in [0.29, 0.717) is 23.4 Å². The summed E-state index contributed by atoms with van der Waals surface area (Å²) >= 11 is 3.31. The molecule has 3 N–H and O–H groups in total. The number of nitrogens with zero attached hydrogens (tertiary/aromatic N) is 1. The van der Waals surface area contributed by atoms with Gasteiger partial charge in [0.25, 0.3) is 0 Å². The van der Waals surface area contributed by atoms with Gasteiger partial charge >= 0.3 is 0 Å². The highest BCUT2D eigenvalue weighted by molar-refractivity contribution is 9.10. The van der Waals surface area contributed by atoms with Crippen LogP contribution in [0.5, 0.6) is 5.75 Å². The summed E-state index contributed by atoms with van der Waals surface area (Å²) in [5, 5.41) is 0. The van der Waals surface area contributed by atoms with Crippen molar-refractivity contribution in [3.8, 4) is 5.75 Å². The number of halogens is 2. The summed E-state index contributed by atoms with van der Waals surface area (Å²) in [7, 11) is 1.45. The molecule has 4 nitrogen and oxygen atoms in total. The van der Waals surface area contributed by atoms with Crippen LogP contribution in [0.4, 0.5) is 10.3 Å². The number of aromatic nitrogens is 2. The van der Waals surface area contributed by atoms with Gasteiger partial charge in [-0.05, 0) is 46.5 Å². The average Bonchev–Trinajstić information content (AvgIpc) is 2.65. The van der Waals surface area contributed by atoms with Crippen molar-refractivity contribution in [1.29, 1.82) is 0 Å². The molecule has 6 heteroatoms. The standard InChI is InChI=1S/C12H13BrFN3O/c1-18-10-5-3-7(6-8(10)14)2-4-9-11(13)17-12(15)16-9/h3,5-6H,2,4H2,1H3,(H3,15,16,17). The molecular formula is C12H13BrFN3O. The number of nitrogens with one attached hydrogen (secondary N) is 1. The fourth-order valence-corrected chi connectivity index (χ4v) is 2.20. The normalized spacial score (nSPS) is 10.6. The van der Waals surface area contributed by atoms with Gasteiger partial charge in [0.2, 0.25) is 0 Å². The lowest BCUT2D eigenvalue weighted by Gasteiger charge is -2.04. The van der Waals surface area contributed by atoms with E-state index in [2.05, 4.69) is 25.9 Å². The molecule has 0 spiro atoms. The number of H-pyrrole nitrogens is 1. The van der Waals surface area contributed by atoms with E-state index in [1.165, 1.54) is 13.2 Å². The molecule has 2 aromatic rings. The van der Waals surface area contributed by atoms with Gasteiger partial charge in [-0.15, -0.1) is 0 Å². The predicted octanol–water partition coefficient (Wildman–Crippen LogP) is 2.69. The van der Waals surface area contributed by atoms with Gasteiger partial charge in [0.1, 0.15) is 4.60 Å². The van der Waals surface area contributed by atoms with Crippen molar-refractivity contribution in [2.75, 3.05) is 12.8 Å². The molecule has 0 aliphatic heterocycles. The summed E-state index contributed by atoms with van der Waals surface area (Å²) in [6.45, 7) is 0. The lowest BCUT2D eigenvalue weighted by Crippen LogP contribution is -1.95. The number of benzene rings is 1. The van der Waals surface area contributed by atoms with Gasteiger partial charge in [-0.2, -0.15) is 0 Å². The lowest BCUT2D eigenvalue weighted by molar-refractivity contribution is 0.386. The number of hydrogen-bond donors (Lipinski definition) is 2. The molecule has 0 unspecified atom stereocenters. The van der Waals surface area contributed by atoms with Crippen molar-refractivity contribution >= 4 is 21.9 Å². The van der Waals surface area contributed by atoms with Crippen LogP contribution in [0.2, 0.25) is 0 Å². The van der Waals surface area contributed by atoms with Crippen LogP contribution in [0.25, 0.3) is 0 Å². The Morgan fingerprint density at radius 1 is 1.44 bits per heavy atom. The monoisotopic (exact) mass is 313 g/mol. The minimum atomic E-state index is -0.349. The zero-order chi connectivity index (χ0) is 13.1. The number of aryl methyl sites for hydroxylation is 2. The predicted molar refractivity (Wildman–Crippen MR) is 71.1 cm³/mol. The molecule has 0 bridgehead atoms. The first-order valence-electron chi connectivity index (χ1n) is 5.42. The Morgan fingerprint density at radius 2 is 2.22 bits per heavy atom. The third kappa shape index (κ3) is 2.81. The van der Waals surface area contributed by atoms with Gasteiger partial charge < -0.3 is 15.5 Å². The van der Waals surface area contributed by atoms with Crippen LogP contribution in [-0.4, -0.2) is 17.1 Å². The summed E-state index contributed by atoms with van der Waals surface area (Å²) in [6, 6.07) is 4.95. The molecule has 18 heavy (non-hydrogen) atoms. The molecule has 0 atom stereocenters. The Balaban J connectivity index is 2.06. The quantitative estimate of drug-likeness (QED) is 0.912. The Hall–Kier alpha value is -1.56. The minimum absolute atomic E-state index is 0.255. The third-order valence-corrected chi connectivity index (χ3v) is 3.28. The zero-order valence-electron chi connectivity index (χ0n) is 9.84. The molecular weight excluding hydrogens is 301 g/mol. The molecule has 1 aromatic heterocycles. The minimum Gasteiger partial charge on any atom is -0.494 e. The third-order valence-electron chi connectivity index (χ3n) is 2.63. The van der Waals surface area contributed by atoms with Crippen LogP contribution in [0.1, 0.15) is 11.3 Å². The van der Waals surface area contributed by atoms with Gasteiger partial charge in [0, 0.05) is 0 Å². The number of nitrogens with two attached hydrogens (primary N) is 1. The van der Waals surface area contributed by atoms with Crippen LogP contribution in [0.15, 0.2) is 22.8 Å². The van der Waals surface area contributed by atoms with Gasteiger partial charge in [0.05, 0.1) is 12.8 Å². The Labute approximate surface area is 112 Å². The van der Waals surface area contributed by atoms with Gasteiger partial charge in [-0.3, -0.25) is 0 Å². The number of hydrogen-bond acceptors (Lipinski definition) is 3. The number of anilines is 1. The first kappa shape index (κ1) is 12.9. The summed E-state index contributed by atoms with van der Waals surface area (Å²) in [4.78, 5) is 6.97. The van der Waals surface area contributed by atoms with Crippen LogP contribution < -0.4 is 10.5 Å². The summed E-state index contributed by atoms with van der Waals surface area (Å²) in [5.41, 5.74) is 7.34. The first-order valence-corrected chi connectivity index (χ1v) is 6.21. The average molecular weight is 314 g/mol. The molecule has 0 amide bonds. The van der Waals surface area contributed by atoms with E-state index in [9.17, 15) is 4.39 Å². The maximum absolute atomic E-state index is 13.5. The van der Waals surface area contributed by atoms with Crippen LogP contribution in [-0.2, 0) is 12.8 Å². The van der Waals surface area contributed by atoms with E-state index in [1.807, 2.05) is 6.07 Å². The Kier molecular flexibility index (Phi) is 3.86. The van der Waals surface area contributed by atoms with E-state index < -0.39 is 0 Å². The molecule has 0 aliphatic rings. The van der Waals surface area contributed by atoms with E-state index in [0.717, 1.165) is 11.3 Å². The number of imidazole rings is 1. The van der Waals surface area contributed by atoms with Crippen molar-refractivity contribution in [1.82, 2.24) is 9.97 Å². The Morgan fingerprint density at radius 3 is 2.78 bits per heavy atom. The number of methoxy groups -OCH3 is 1. The number of aromatic amines is 1. The van der Waals surface area contributed by atoms with E-state index >= 15 is 0 Å². The number of nitrogen functional groups attached to an aromatic ring is 1. The topological polar surface area (TPSA) is 63.9 Å². The number of ether oxygens (including phenoxy) is 1. The highest BCUT2D eigenvalue weighted by atomic mass is 79.9. The molecule has 0 radical (unpaired) electrons. The van der Waals surface area contributed by atoms with E-state index in [-0.39, 0.29) is 11.6 Å². The highest BCUT2D eigenvalue weighted by Crippen LogP contribution is 2.20. The molecule has 0 saturated heterocycles. The maximum atomic E-state index is 13.5. The van der Waals surface area contributed by atoms with Gasteiger partial charge in [0.15, 0.2) is 17.5 Å². The summed E-state index contributed by atoms with van der Waals surface area (Å²) < 4.78 is 19.1. The molecule has 1 aromatic carbocycles. The Bertz CT molecular complexity index is 556. The molecule has 0 fully saturated rings. The van der Waals surface area contributed by atoms with Gasteiger partial charge in [-0.25, -0.2) is 9.37 Å². The fraction of sp³-hybridized carbons (Fsp3) is 0.250. The lowest BCUT2D eigenvalue weighted by atomic mass is 10.1. The van der Waals surface area contributed by atoms with E-state index in [4.69, 9.17) is 10.5 Å². The first-order chi connectivity index (χ1) is 8.60. The second kappa shape index (κ2) is 5.39. The van der Waals surface area contributed by atoms with Crippen molar-refractivity contribution in [3.63, 3.8) is 0 Å². The van der Waals surface area contributed by atoms with Crippen molar-refractivity contribution in [2.45, 2.75) is 12.8 Å². The molecule has 96 valence electrons. The van der Waals surface area contributed by atoms with Crippen molar-refractivity contribution in [3.05, 3.63) is 39.9 Å². The summed E-state index contributed by atoms with van der Waals surface area (Å²) in [6.07, 6.45) is 1.40. The SMILES string of the molecule is COc1ccc(CCc2[nH]c(N)nc2Br)cc1F. The van der Waals surface area contributed by atoms with Crippen LogP contribution >= 0.6 is 15.9 Å². The fourth-order valence-electron chi connectivity index (χ4n) is 1.71. The van der Waals surface area contributed by atoms with Crippen LogP contribution in [0, 0.1) is 5.82 Å². The molecule has 0 saturated carbocycles. The second-order valence-corrected chi connectivity index (χ2v) is 4.61. The van der Waals surface area contributed by atoms with Gasteiger partial charge in [-0.1, -0.05) is 6.07 Å². The van der Waals surface area contributed by atoms with E-state index in [1.54, 1.807) is 6.07 Å². The molecule has 2 rings (SSSR count).